The van der Waals surface area contributed by atoms with Crippen LogP contribution in [0.4, 0.5) is 5.95 Å². The van der Waals surface area contributed by atoms with Crippen LogP contribution in [0, 0.1) is 6.92 Å². The third-order valence-corrected chi connectivity index (χ3v) is 2.44. The van der Waals surface area contributed by atoms with E-state index in [4.69, 9.17) is 5.73 Å². The van der Waals surface area contributed by atoms with Gasteiger partial charge in [-0.3, -0.25) is 0 Å². The Morgan fingerprint density at radius 3 is 2.87 bits per heavy atom. The van der Waals surface area contributed by atoms with Crippen molar-refractivity contribution in [3.05, 3.63) is 35.5 Å². The highest BCUT2D eigenvalue weighted by Crippen LogP contribution is 2.23. The first kappa shape index (κ1) is 9.77. The van der Waals surface area contributed by atoms with Gasteiger partial charge in [0.15, 0.2) is 5.95 Å². The Kier molecular flexibility index (Phi) is 2.46. The van der Waals surface area contributed by atoms with Gasteiger partial charge >= 0.3 is 0 Å². The first-order valence-corrected chi connectivity index (χ1v) is 5.12. The SMILES string of the molecule is CCc1[nH]c(N)nc1-c1cccc(C)c1. The number of rotatable bonds is 2. The van der Waals surface area contributed by atoms with Gasteiger partial charge in [-0.25, -0.2) is 4.98 Å². The number of nitrogen functional groups attached to an aromatic ring is 1. The Morgan fingerprint density at radius 1 is 1.40 bits per heavy atom. The highest BCUT2D eigenvalue weighted by Gasteiger charge is 2.08. The molecule has 0 saturated heterocycles. The van der Waals surface area contributed by atoms with Crippen LogP contribution in [-0.2, 0) is 6.42 Å². The molecule has 2 rings (SSSR count). The number of aromatic nitrogens is 2. The zero-order valence-electron chi connectivity index (χ0n) is 9.04. The van der Waals surface area contributed by atoms with Gasteiger partial charge in [-0.2, -0.15) is 0 Å². The largest absolute Gasteiger partial charge is 0.369 e. The Morgan fingerprint density at radius 2 is 2.20 bits per heavy atom. The van der Waals surface area contributed by atoms with Crippen molar-refractivity contribution in [1.29, 1.82) is 0 Å². The Labute approximate surface area is 89.4 Å². The van der Waals surface area contributed by atoms with Crippen LogP contribution in [0.3, 0.4) is 0 Å². The van der Waals surface area contributed by atoms with Crippen molar-refractivity contribution in [2.24, 2.45) is 0 Å². The average molecular weight is 201 g/mol. The van der Waals surface area contributed by atoms with Crippen LogP contribution in [-0.4, -0.2) is 9.97 Å². The second kappa shape index (κ2) is 3.77. The molecule has 0 saturated carbocycles. The second-order valence-corrected chi connectivity index (χ2v) is 3.67. The maximum Gasteiger partial charge on any atom is 0.198 e. The van der Waals surface area contributed by atoms with Gasteiger partial charge in [0.25, 0.3) is 0 Å². The fraction of sp³-hybridized carbons (Fsp3) is 0.250. The van der Waals surface area contributed by atoms with Crippen molar-refractivity contribution in [2.75, 3.05) is 5.73 Å². The minimum absolute atomic E-state index is 0.489. The molecule has 0 aliphatic heterocycles. The maximum absolute atomic E-state index is 5.66. The molecule has 1 aromatic heterocycles. The summed E-state index contributed by atoms with van der Waals surface area (Å²) in [5, 5.41) is 0. The van der Waals surface area contributed by atoms with E-state index in [0.717, 1.165) is 23.4 Å². The molecule has 0 fully saturated rings. The summed E-state index contributed by atoms with van der Waals surface area (Å²) in [6, 6.07) is 8.29. The zero-order valence-corrected chi connectivity index (χ0v) is 9.04. The molecule has 3 nitrogen and oxygen atoms in total. The molecule has 0 unspecified atom stereocenters. The standard InChI is InChI=1S/C12H15N3/c1-3-10-11(15-12(13)14-10)9-6-4-5-8(2)7-9/h4-7H,3H2,1-2H3,(H3,13,14,15). The van der Waals surface area contributed by atoms with Gasteiger partial charge in [-0.1, -0.05) is 30.7 Å². The lowest BCUT2D eigenvalue weighted by Crippen LogP contribution is -1.86. The summed E-state index contributed by atoms with van der Waals surface area (Å²) in [5.41, 5.74) is 10.1. The molecular formula is C12H15N3. The fourth-order valence-corrected chi connectivity index (χ4v) is 1.72. The third kappa shape index (κ3) is 1.86. The van der Waals surface area contributed by atoms with E-state index in [1.165, 1.54) is 5.56 Å². The summed E-state index contributed by atoms with van der Waals surface area (Å²) in [6.07, 6.45) is 0.910. The molecule has 0 radical (unpaired) electrons. The number of imidazole rings is 1. The number of nitrogens with two attached hydrogens (primary N) is 1. The molecule has 1 heterocycles. The second-order valence-electron chi connectivity index (χ2n) is 3.67. The number of nitrogens with one attached hydrogen (secondary N) is 1. The predicted octanol–water partition coefficient (Wildman–Crippen LogP) is 2.53. The van der Waals surface area contributed by atoms with Gasteiger partial charge in [0, 0.05) is 11.3 Å². The number of hydrogen-bond acceptors (Lipinski definition) is 2. The molecule has 3 heteroatoms. The fourth-order valence-electron chi connectivity index (χ4n) is 1.72. The molecule has 0 bridgehead atoms. The lowest BCUT2D eigenvalue weighted by molar-refractivity contribution is 1.07. The minimum Gasteiger partial charge on any atom is -0.369 e. The van der Waals surface area contributed by atoms with Gasteiger partial charge in [0.05, 0.1) is 5.69 Å². The highest BCUT2D eigenvalue weighted by atomic mass is 15.0. The summed E-state index contributed by atoms with van der Waals surface area (Å²) >= 11 is 0. The van der Waals surface area contributed by atoms with Crippen LogP contribution in [0.25, 0.3) is 11.3 Å². The van der Waals surface area contributed by atoms with Crippen molar-refractivity contribution < 1.29 is 0 Å². The number of anilines is 1. The van der Waals surface area contributed by atoms with E-state index >= 15 is 0 Å². The van der Waals surface area contributed by atoms with Crippen molar-refractivity contribution in [3.63, 3.8) is 0 Å². The average Bonchev–Trinajstić information content (AvgIpc) is 2.59. The third-order valence-electron chi connectivity index (χ3n) is 2.44. The summed E-state index contributed by atoms with van der Waals surface area (Å²) in [6.45, 7) is 4.16. The lowest BCUT2D eigenvalue weighted by Gasteiger charge is -2.01. The lowest BCUT2D eigenvalue weighted by atomic mass is 10.1. The van der Waals surface area contributed by atoms with Gasteiger partial charge in [-0.15, -0.1) is 0 Å². The number of nitrogens with zero attached hydrogens (tertiary/aromatic N) is 1. The number of aryl methyl sites for hydroxylation is 2. The first-order valence-electron chi connectivity index (χ1n) is 5.12. The molecule has 78 valence electrons. The van der Waals surface area contributed by atoms with Crippen LogP contribution in [0.2, 0.25) is 0 Å². The summed E-state index contributed by atoms with van der Waals surface area (Å²) in [4.78, 5) is 7.39. The van der Waals surface area contributed by atoms with Crippen LogP contribution in [0.5, 0.6) is 0 Å². The van der Waals surface area contributed by atoms with Crippen LogP contribution in [0.15, 0.2) is 24.3 Å². The van der Waals surface area contributed by atoms with E-state index in [1.54, 1.807) is 0 Å². The predicted molar refractivity (Wildman–Crippen MR) is 62.6 cm³/mol. The molecule has 0 atom stereocenters. The highest BCUT2D eigenvalue weighted by molar-refractivity contribution is 5.64. The first-order chi connectivity index (χ1) is 7.20. The van der Waals surface area contributed by atoms with E-state index in [1.807, 2.05) is 6.07 Å². The topological polar surface area (TPSA) is 54.7 Å². The van der Waals surface area contributed by atoms with E-state index in [9.17, 15) is 0 Å². The Bertz CT molecular complexity index is 471. The smallest absolute Gasteiger partial charge is 0.198 e. The number of hydrogen-bond donors (Lipinski definition) is 2. The van der Waals surface area contributed by atoms with Gasteiger partial charge in [-0.05, 0) is 19.4 Å². The van der Waals surface area contributed by atoms with E-state index < -0.39 is 0 Å². The quantitative estimate of drug-likeness (QED) is 0.784. The Balaban J connectivity index is 2.53. The monoisotopic (exact) mass is 201 g/mol. The normalized spacial score (nSPS) is 10.5. The van der Waals surface area contributed by atoms with E-state index in [-0.39, 0.29) is 0 Å². The van der Waals surface area contributed by atoms with Crippen molar-refractivity contribution in [3.8, 4) is 11.3 Å². The summed E-state index contributed by atoms with van der Waals surface area (Å²) in [7, 11) is 0. The van der Waals surface area contributed by atoms with Crippen LogP contribution < -0.4 is 5.73 Å². The minimum atomic E-state index is 0.489. The molecule has 0 aliphatic carbocycles. The van der Waals surface area contributed by atoms with Crippen molar-refractivity contribution in [2.45, 2.75) is 20.3 Å². The molecule has 1 aromatic carbocycles. The molecule has 0 spiro atoms. The molecular weight excluding hydrogens is 186 g/mol. The summed E-state index contributed by atoms with van der Waals surface area (Å²) in [5.74, 6) is 0.489. The number of H-pyrrole nitrogens is 1. The molecule has 0 aliphatic rings. The molecule has 15 heavy (non-hydrogen) atoms. The maximum atomic E-state index is 5.66. The zero-order chi connectivity index (χ0) is 10.8. The summed E-state index contributed by atoms with van der Waals surface area (Å²) < 4.78 is 0. The van der Waals surface area contributed by atoms with Crippen molar-refractivity contribution in [1.82, 2.24) is 9.97 Å². The molecule has 2 aromatic rings. The number of benzene rings is 1. The van der Waals surface area contributed by atoms with Crippen LogP contribution >= 0.6 is 0 Å². The Hall–Kier alpha value is -1.77. The van der Waals surface area contributed by atoms with Crippen molar-refractivity contribution >= 4 is 5.95 Å². The van der Waals surface area contributed by atoms with E-state index in [2.05, 4.69) is 42.0 Å². The van der Waals surface area contributed by atoms with Crippen LogP contribution in [0.1, 0.15) is 18.2 Å². The van der Waals surface area contributed by atoms with Gasteiger partial charge in [0.1, 0.15) is 0 Å². The van der Waals surface area contributed by atoms with Gasteiger partial charge < -0.3 is 10.7 Å². The number of aromatic amines is 1. The van der Waals surface area contributed by atoms with Gasteiger partial charge in [0.2, 0.25) is 0 Å². The molecule has 0 amide bonds. The van der Waals surface area contributed by atoms with E-state index in [0.29, 0.717) is 5.95 Å². The molecule has 3 N–H and O–H groups in total.